The van der Waals surface area contributed by atoms with Crippen LogP contribution in [0.5, 0.6) is 11.5 Å². The van der Waals surface area contributed by atoms with Gasteiger partial charge in [0.15, 0.2) is 0 Å². The Morgan fingerprint density at radius 1 is 0.950 bits per heavy atom. The van der Waals surface area contributed by atoms with Crippen LogP contribution < -0.4 is 4.74 Å². The van der Waals surface area contributed by atoms with Crippen LogP contribution in [0.1, 0.15) is 0 Å². The number of fused-ring (bicyclic) bond motifs is 1. The molecule has 1 heterocycles. The van der Waals surface area contributed by atoms with Crippen LogP contribution in [0.3, 0.4) is 0 Å². The number of aromatic nitrogens is 1. The fourth-order valence-electron chi connectivity index (χ4n) is 1.86. The lowest BCUT2D eigenvalue weighted by atomic mass is 10.2. The Bertz CT molecular complexity index is 792. The maximum atomic E-state index is 13.0. The van der Waals surface area contributed by atoms with Crippen molar-refractivity contribution in [2.45, 2.75) is 0 Å². The van der Waals surface area contributed by atoms with Crippen molar-refractivity contribution in [3.63, 3.8) is 0 Å². The molecule has 0 bridgehead atoms. The molecule has 0 saturated heterocycles. The van der Waals surface area contributed by atoms with Gasteiger partial charge in [0.2, 0.25) is 0 Å². The number of nitrogens with zero attached hydrogens (tertiary/aromatic N) is 1. The molecule has 0 aliphatic heterocycles. The number of benzene rings is 2. The van der Waals surface area contributed by atoms with E-state index in [4.69, 9.17) is 27.9 Å². The van der Waals surface area contributed by atoms with Crippen molar-refractivity contribution in [2.75, 3.05) is 0 Å². The van der Waals surface area contributed by atoms with Crippen molar-refractivity contribution in [1.82, 2.24) is 4.98 Å². The van der Waals surface area contributed by atoms with Gasteiger partial charge in [0.1, 0.15) is 17.3 Å². The third-order valence-electron chi connectivity index (χ3n) is 2.78. The fraction of sp³-hybridized carbons (Fsp3) is 0. The van der Waals surface area contributed by atoms with E-state index in [1.54, 1.807) is 24.4 Å². The molecule has 0 atom stereocenters. The van der Waals surface area contributed by atoms with E-state index in [1.807, 2.05) is 6.07 Å². The molecule has 0 N–H and O–H groups in total. The Morgan fingerprint density at radius 3 is 2.60 bits per heavy atom. The van der Waals surface area contributed by atoms with Crippen LogP contribution in [0.4, 0.5) is 4.39 Å². The van der Waals surface area contributed by atoms with Crippen LogP contribution in [0.15, 0.2) is 48.7 Å². The highest BCUT2D eigenvalue weighted by molar-refractivity contribution is 6.32. The molecule has 0 fully saturated rings. The van der Waals surface area contributed by atoms with Crippen LogP contribution in [-0.2, 0) is 0 Å². The van der Waals surface area contributed by atoms with E-state index < -0.39 is 5.82 Å². The molecule has 0 spiro atoms. The minimum absolute atomic E-state index is 0.212. The molecule has 0 aliphatic rings. The lowest BCUT2D eigenvalue weighted by Gasteiger charge is -2.10. The molecule has 100 valence electrons. The summed E-state index contributed by atoms with van der Waals surface area (Å²) in [5.41, 5.74) is 0.716. The molecule has 2 aromatic carbocycles. The predicted octanol–water partition coefficient (Wildman–Crippen LogP) is 5.47. The van der Waals surface area contributed by atoms with Crippen LogP contribution >= 0.6 is 23.2 Å². The van der Waals surface area contributed by atoms with Crippen LogP contribution in [0.2, 0.25) is 10.0 Å². The Kier molecular flexibility index (Phi) is 3.47. The summed E-state index contributed by atoms with van der Waals surface area (Å²) in [6, 6.07) is 11.0. The summed E-state index contributed by atoms with van der Waals surface area (Å²) in [5, 5.41) is 1.61. The molecule has 0 unspecified atom stereocenters. The SMILES string of the molecule is Fc1ccc(Oc2ccnc3cc(Cl)ccc23)c(Cl)c1. The van der Waals surface area contributed by atoms with Gasteiger partial charge in [-0.25, -0.2) is 4.39 Å². The average molecular weight is 308 g/mol. The zero-order chi connectivity index (χ0) is 14.1. The molecule has 20 heavy (non-hydrogen) atoms. The molecule has 0 amide bonds. The Hall–Kier alpha value is -1.84. The Balaban J connectivity index is 2.06. The van der Waals surface area contributed by atoms with Crippen molar-refractivity contribution in [2.24, 2.45) is 0 Å². The van der Waals surface area contributed by atoms with E-state index in [9.17, 15) is 4.39 Å². The van der Waals surface area contributed by atoms with E-state index in [2.05, 4.69) is 4.98 Å². The van der Waals surface area contributed by atoms with Gasteiger partial charge in [0.25, 0.3) is 0 Å². The molecule has 3 rings (SSSR count). The smallest absolute Gasteiger partial charge is 0.146 e. The quantitative estimate of drug-likeness (QED) is 0.626. The molecular weight excluding hydrogens is 300 g/mol. The van der Waals surface area contributed by atoms with E-state index >= 15 is 0 Å². The van der Waals surface area contributed by atoms with E-state index in [0.29, 0.717) is 22.0 Å². The molecular formula is C15H8Cl2FNO. The number of hydrogen-bond donors (Lipinski definition) is 0. The number of halogens is 3. The largest absolute Gasteiger partial charge is 0.455 e. The molecule has 0 radical (unpaired) electrons. The fourth-order valence-corrected chi connectivity index (χ4v) is 2.23. The highest BCUT2D eigenvalue weighted by Gasteiger charge is 2.08. The van der Waals surface area contributed by atoms with Gasteiger partial charge in [0.05, 0.1) is 10.5 Å². The molecule has 2 nitrogen and oxygen atoms in total. The number of hydrogen-bond acceptors (Lipinski definition) is 2. The van der Waals surface area contributed by atoms with E-state index in [-0.39, 0.29) is 5.02 Å². The first-order chi connectivity index (χ1) is 9.63. The maximum absolute atomic E-state index is 13.0. The van der Waals surface area contributed by atoms with Gasteiger partial charge >= 0.3 is 0 Å². The van der Waals surface area contributed by atoms with Crippen molar-refractivity contribution < 1.29 is 9.13 Å². The van der Waals surface area contributed by atoms with Crippen LogP contribution in [0.25, 0.3) is 10.9 Å². The summed E-state index contributed by atoms with van der Waals surface area (Å²) in [5.74, 6) is 0.560. The first kappa shape index (κ1) is 13.2. The topological polar surface area (TPSA) is 22.1 Å². The van der Waals surface area contributed by atoms with Crippen LogP contribution in [0, 0.1) is 5.82 Å². The van der Waals surface area contributed by atoms with Crippen molar-refractivity contribution >= 4 is 34.1 Å². The molecule has 3 aromatic rings. The van der Waals surface area contributed by atoms with Gasteiger partial charge in [-0.2, -0.15) is 0 Å². The summed E-state index contributed by atoms with van der Waals surface area (Å²) in [7, 11) is 0. The maximum Gasteiger partial charge on any atom is 0.146 e. The average Bonchev–Trinajstić information content (AvgIpc) is 2.41. The molecule has 0 aliphatic carbocycles. The lowest BCUT2D eigenvalue weighted by Crippen LogP contribution is -1.89. The third kappa shape index (κ3) is 2.55. The van der Waals surface area contributed by atoms with E-state index in [0.717, 1.165) is 5.39 Å². The Morgan fingerprint density at radius 2 is 1.80 bits per heavy atom. The first-order valence-electron chi connectivity index (χ1n) is 5.81. The van der Waals surface area contributed by atoms with Gasteiger partial charge in [-0.3, -0.25) is 4.98 Å². The number of pyridine rings is 1. The molecule has 0 saturated carbocycles. The normalized spacial score (nSPS) is 10.8. The standard InChI is InChI=1S/C15H8Cl2FNO/c16-9-1-3-11-13(7-9)19-6-5-14(11)20-15-4-2-10(18)8-12(15)17/h1-8H. The third-order valence-corrected chi connectivity index (χ3v) is 3.31. The second kappa shape index (κ2) is 5.27. The summed E-state index contributed by atoms with van der Waals surface area (Å²) < 4.78 is 18.8. The summed E-state index contributed by atoms with van der Waals surface area (Å²) in [4.78, 5) is 4.22. The molecule has 5 heteroatoms. The van der Waals surface area contributed by atoms with Crippen molar-refractivity contribution in [3.8, 4) is 11.5 Å². The first-order valence-corrected chi connectivity index (χ1v) is 6.56. The van der Waals surface area contributed by atoms with Gasteiger partial charge in [-0.15, -0.1) is 0 Å². The second-order valence-electron chi connectivity index (χ2n) is 4.15. The number of ether oxygens (including phenoxy) is 1. The summed E-state index contributed by atoms with van der Waals surface area (Å²) in [6.07, 6.45) is 1.62. The van der Waals surface area contributed by atoms with Gasteiger partial charge < -0.3 is 4.74 Å². The zero-order valence-electron chi connectivity index (χ0n) is 10.1. The van der Waals surface area contributed by atoms with Crippen molar-refractivity contribution in [3.05, 3.63) is 64.5 Å². The van der Waals surface area contributed by atoms with Gasteiger partial charge in [-0.05, 0) is 42.5 Å². The molecule has 1 aromatic heterocycles. The second-order valence-corrected chi connectivity index (χ2v) is 4.99. The monoisotopic (exact) mass is 307 g/mol. The minimum atomic E-state index is -0.409. The van der Waals surface area contributed by atoms with E-state index in [1.165, 1.54) is 18.2 Å². The van der Waals surface area contributed by atoms with Crippen LogP contribution in [-0.4, -0.2) is 4.98 Å². The predicted molar refractivity (Wildman–Crippen MR) is 78.2 cm³/mol. The minimum Gasteiger partial charge on any atom is -0.455 e. The summed E-state index contributed by atoms with van der Waals surface area (Å²) >= 11 is 11.9. The highest BCUT2D eigenvalue weighted by atomic mass is 35.5. The Labute approximate surface area is 124 Å². The summed E-state index contributed by atoms with van der Waals surface area (Å²) in [6.45, 7) is 0. The zero-order valence-corrected chi connectivity index (χ0v) is 11.6. The number of rotatable bonds is 2. The van der Waals surface area contributed by atoms with Gasteiger partial charge in [-0.1, -0.05) is 23.2 Å². The van der Waals surface area contributed by atoms with Crippen molar-refractivity contribution in [1.29, 1.82) is 0 Å². The highest BCUT2D eigenvalue weighted by Crippen LogP contribution is 2.34. The van der Waals surface area contributed by atoms with Gasteiger partial charge in [0, 0.05) is 16.6 Å². The lowest BCUT2D eigenvalue weighted by molar-refractivity contribution is 0.486.